The second-order valence-corrected chi connectivity index (χ2v) is 4.26. The lowest BCUT2D eigenvalue weighted by Crippen LogP contribution is -2.03. The first-order valence-electron chi connectivity index (χ1n) is 4.27. The van der Waals surface area contributed by atoms with Gasteiger partial charge in [-0.3, -0.25) is 0 Å². The van der Waals surface area contributed by atoms with Crippen LogP contribution in [0.1, 0.15) is 5.56 Å². The van der Waals surface area contributed by atoms with Gasteiger partial charge in [0, 0.05) is 22.5 Å². The van der Waals surface area contributed by atoms with Crippen LogP contribution in [-0.2, 0) is 10.1 Å². The van der Waals surface area contributed by atoms with Crippen molar-refractivity contribution in [1.29, 1.82) is 0 Å². The monoisotopic (exact) mass is 338 g/mol. The topological polar surface area (TPSA) is 27.7 Å². The van der Waals surface area contributed by atoms with E-state index in [1.807, 2.05) is 12.1 Å². The zero-order valence-electron chi connectivity index (χ0n) is 8.55. The van der Waals surface area contributed by atoms with Crippen LogP contribution in [-0.4, -0.2) is 21.0 Å². The summed E-state index contributed by atoms with van der Waals surface area (Å²) >= 11 is 6.81. The van der Waals surface area contributed by atoms with E-state index in [1.54, 1.807) is 14.2 Å². The molecule has 0 fully saturated rings. The highest BCUT2D eigenvalue weighted by Gasteiger charge is 2.11. The molecular weight excluding hydrogens is 328 g/mol. The highest BCUT2D eigenvalue weighted by molar-refractivity contribution is 9.10. The SMILES string of the molecule is COCOc1c(CBr)cc(Br)cc1OC. The summed E-state index contributed by atoms with van der Waals surface area (Å²) in [5, 5.41) is 0.696. The van der Waals surface area contributed by atoms with Crippen LogP contribution in [0.3, 0.4) is 0 Å². The number of benzene rings is 1. The van der Waals surface area contributed by atoms with Crippen LogP contribution in [0.15, 0.2) is 16.6 Å². The fourth-order valence-corrected chi connectivity index (χ4v) is 2.06. The van der Waals surface area contributed by atoms with E-state index >= 15 is 0 Å². The molecule has 0 aliphatic heterocycles. The standard InChI is InChI=1S/C10H12Br2O3/c1-13-6-15-10-7(5-11)3-8(12)4-9(10)14-2/h3-4H,5-6H2,1-2H3. The van der Waals surface area contributed by atoms with Crippen LogP contribution in [0.25, 0.3) is 0 Å². The molecule has 1 aromatic rings. The number of rotatable bonds is 5. The molecule has 0 amide bonds. The molecule has 0 aliphatic rings. The molecule has 0 saturated carbocycles. The first-order valence-corrected chi connectivity index (χ1v) is 6.18. The zero-order valence-corrected chi connectivity index (χ0v) is 11.7. The van der Waals surface area contributed by atoms with Gasteiger partial charge in [-0.1, -0.05) is 31.9 Å². The smallest absolute Gasteiger partial charge is 0.188 e. The van der Waals surface area contributed by atoms with Crippen LogP contribution >= 0.6 is 31.9 Å². The molecule has 84 valence electrons. The van der Waals surface area contributed by atoms with Gasteiger partial charge in [-0.15, -0.1) is 0 Å². The first kappa shape index (κ1) is 12.8. The second kappa shape index (κ2) is 6.35. The van der Waals surface area contributed by atoms with E-state index in [0.717, 1.165) is 10.0 Å². The molecule has 0 saturated heterocycles. The quantitative estimate of drug-likeness (QED) is 0.608. The molecule has 0 unspecified atom stereocenters. The minimum Gasteiger partial charge on any atom is -0.493 e. The van der Waals surface area contributed by atoms with Crippen molar-refractivity contribution in [2.24, 2.45) is 0 Å². The Morgan fingerprint density at radius 3 is 2.53 bits per heavy atom. The molecule has 0 aromatic heterocycles. The maximum atomic E-state index is 5.46. The van der Waals surface area contributed by atoms with Crippen molar-refractivity contribution in [1.82, 2.24) is 0 Å². The number of halogens is 2. The van der Waals surface area contributed by atoms with Crippen LogP contribution < -0.4 is 9.47 Å². The summed E-state index contributed by atoms with van der Waals surface area (Å²) in [5.41, 5.74) is 1.01. The van der Waals surface area contributed by atoms with Gasteiger partial charge in [0.25, 0.3) is 0 Å². The molecule has 0 aliphatic carbocycles. The number of methoxy groups -OCH3 is 2. The van der Waals surface area contributed by atoms with Gasteiger partial charge in [-0.25, -0.2) is 0 Å². The minimum absolute atomic E-state index is 0.206. The molecule has 0 heterocycles. The molecule has 0 bridgehead atoms. The van der Waals surface area contributed by atoms with Crippen molar-refractivity contribution >= 4 is 31.9 Å². The number of ether oxygens (including phenoxy) is 3. The van der Waals surface area contributed by atoms with E-state index in [0.29, 0.717) is 16.8 Å². The Kier molecular flexibility index (Phi) is 5.42. The van der Waals surface area contributed by atoms with Crippen molar-refractivity contribution in [3.8, 4) is 11.5 Å². The Balaban J connectivity index is 3.06. The van der Waals surface area contributed by atoms with Crippen molar-refractivity contribution < 1.29 is 14.2 Å². The highest BCUT2D eigenvalue weighted by Crippen LogP contribution is 2.35. The third-order valence-electron chi connectivity index (χ3n) is 1.78. The normalized spacial score (nSPS) is 10.1. The zero-order chi connectivity index (χ0) is 11.3. The first-order chi connectivity index (χ1) is 7.22. The molecule has 1 aromatic carbocycles. The Labute approximate surface area is 106 Å². The summed E-state index contributed by atoms with van der Waals surface area (Å²) in [4.78, 5) is 0. The predicted molar refractivity (Wildman–Crippen MR) is 65.8 cm³/mol. The van der Waals surface area contributed by atoms with Crippen molar-refractivity contribution in [3.05, 3.63) is 22.2 Å². The van der Waals surface area contributed by atoms with Gasteiger partial charge < -0.3 is 14.2 Å². The maximum absolute atomic E-state index is 5.46. The number of alkyl halides is 1. The van der Waals surface area contributed by atoms with Gasteiger partial charge in [-0.2, -0.15) is 0 Å². The Bertz CT molecular complexity index is 303. The molecule has 5 heteroatoms. The van der Waals surface area contributed by atoms with E-state index in [4.69, 9.17) is 14.2 Å². The largest absolute Gasteiger partial charge is 0.493 e. The average molecular weight is 340 g/mol. The van der Waals surface area contributed by atoms with Crippen LogP contribution in [0.4, 0.5) is 0 Å². The highest BCUT2D eigenvalue weighted by atomic mass is 79.9. The summed E-state index contributed by atoms with van der Waals surface area (Å²) in [6.07, 6.45) is 0. The minimum atomic E-state index is 0.206. The van der Waals surface area contributed by atoms with Gasteiger partial charge in [0.05, 0.1) is 7.11 Å². The fraction of sp³-hybridized carbons (Fsp3) is 0.400. The lowest BCUT2D eigenvalue weighted by molar-refractivity contribution is 0.0486. The third kappa shape index (κ3) is 3.36. The molecule has 15 heavy (non-hydrogen) atoms. The molecule has 1 rings (SSSR count). The third-order valence-corrected chi connectivity index (χ3v) is 2.84. The van der Waals surface area contributed by atoms with Crippen LogP contribution in [0, 0.1) is 0 Å². The van der Waals surface area contributed by atoms with Gasteiger partial charge >= 0.3 is 0 Å². The Morgan fingerprint density at radius 2 is 2.00 bits per heavy atom. The van der Waals surface area contributed by atoms with Crippen LogP contribution in [0.2, 0.25) is 0 Å². The Hall–Kier alpha value is -0.260. The maximum Gasteiger partial charge on any atom is 0.188 e. The Morgan fingerprint density at radius 1 is 1.27 bits per heavy atom. The van der Waals surface area contributed by atoms with Gasteiger partial charge in [0.2, 0.25) is 0 Å². The number of hydrogen-bond acceptors (Lipinski definition) is 3. The number of hydrogen-bond donors (Lipinski definition) is 0. The average Bonchev–Trinajstić information content (AvgIpc) is 2.26. The molecule has 0 N–H and O–H groups in total. The summed E-state index contributed by atoms with van der Waals surface area (Å²) in [7, 11) is 3.19. The summed E-state index contributed by atoms with van der Waals surface area (Å²) in [6, 6.07) is 3.83. The van der Waals surface area contributed by atoms with E-state index < -0.39 is 0 Å². The van der Waals surface area contributed by atoms with Gasteiger partial charge in [0.1, 0.15) is 0 Å². The molecule has 0 atom stereocenters. The van der Waals surface area contributed by atoms with Crippen molar-refractivity contribution in [2.45, 2.75) is 5.33 Å². The molecule has 0 spiro atoms. The molecular formula is C10H12Br2O3. The van der Waals surface area contributed by atoms with Crippen LogP contribution in [0.5, 0.6) is 11.5 Å². The second-order valence-electron chi connectivity index (χ2n) is 2.78. The molecule has 3 nitrogen and oxygen atoms in total. The van der Waals surface area contributed by atoms with Gasteiger partial charge in [0.15, 0.2) is 18.3 Å². The van der Waals surface area contributed by atoms with E-state index in [1.165, 1.54) is 0 Å². The summed E-state index contributed by atoms with van der Waals surface area (Å²) in [6.45, 7) is 0.206. The lowest BCUT2D eigenvalue weighted by Gasteiger charge is -2.13. The summed E-state index contributed by atoms with van der Waals surface area (Å²) in [5.74, 6) is 1.40. The lowest BCUT2D eigenvalue weighted by atomic mass is 10.2. The molecule has 0 radical (unpaired) electrons. The predicted octanol–water partition coefficient (Wildman–Crippen LogP) is 3.34. The summed E-state index contributed by atoms with van der Waals surface area (Å²) < 4.78 is 16.5. The van der Waals surface area contributed by atoms with Gasteiger partial charge in [-0.05, 0) is 12.1 Å². The van der Waals surface area contributed by atoms with Crippen molar-refractivity contribution in [2.75, 3.05) is 21.0 Å². The van der Waals surface area contributed by atoms with E-state index in [2.05, 4.69) is 31.9 Å². The van der Waals surface area contributed by atoms with E-state index in [-0.39, 0.29) is 6.79 Å². The fourth-order valence-electron chi connectivity index (χ4n) is 1.16. The van der Waals surface area contributed by atoms with E-state index in [9.17, 15) is 0 Å². The van der Waals surface area contributed by atoms with Crippen molar-refractivity contribution in [3.63, 3.8) is 0 Å².